The predicted octanol–water partition coefficient (Wildman–Crippen LogP) is 1.33. The Morgan fingerprint density at radius 3 is 2.82 bits per heavy atom. The van der Waals surface area contributed by atoms with Crippen molar-refractivity contribution in [3.05, 3.63) is 34.6 Å². The number of nitrogens with zero attached hydrogens (tertiary/aromatic N) is 1. The van der Waals surface area contributed by atoms with E-state index in [0.29, 0.717) is 0 Å². The van der Waals surface area contributed by atoms with Gasteiger partial charge in [-0.3, -0.25) is 4.79 Å². The maximum atomic E-state index is 12.4. The first-order valence-corrected chi connectivity index (χ1v) is 3.06. The van der Waals surface area contributed by atoms with Gasteiger partial charge in [0.05, 0.1) is 5.39 Å². The molecule has 0 aliphatic carbocycles. The molecule has 0 fully saturated rings. The van der Waals surface area contributed by atoms with E-state index in [1.54, 1.807) is 12.1 Å². The maximum Gasteiger partial charge on any atom is 0.324 e. The van der Waals surface area contributed by atoms with Gasteiger partial charge in [0.25, 0.3) is 0 Å². The van der Waals surface area contributed by atoms with Crippen LogP contribution in [0.15, 0.2) is 33.6 Å². The number of para-hydroxylation sites is 1. The van der Waals surface area contributed by atoms with Crippen LogP contribution in [-0.4, -0.2) is 4.96 Å². The van der Waals surface area contributed by atoms with Gasteiger partial charge in [-0.05, 0) is 12.1 Å². The van der Waals surface area contributed by atoms with Gasteiger partial charge in [-0.25, -0.2) is 0 Å². The molecule has 0 N–H and O–H groups in total. The topological polar surface area (TPSA) is 35.1 Å². The fraction of sp³-hybridized carbons (Fsp3) is 0. The summed E-state index contributed by atoms with van der Waals surface area (Å²) >= 11 is 0. The van der Waals surface area contributed by atoms with Gasteiger partial charge >= 0.3 is 5.56 Å². The van der Waals surface area contributed by atoms with E-state index in [4.69, 9.17) is 0 Å². The van der Waals surface area contributed by atoms with Crippen molar-refractivity contribution >= 4 is 11.0 Å². The Balaban J connectivity index is 3.04. The van der Waals surface area contributed by atoms with Crippen LogP contribution < -0.4 is 5.56 Å². The van der Waals surface area contributed by atoms with E-state index >= 15 is 0 Å². The quantitative estimate of drug-likeness (QED) is 0.572. The fourth-order valence-corrected chi connectivity index (χ4v) is 0.945. The number of benzene rings is 1. The Labute approximate surface area is 60.6 Å². The van der Waals surface area contributed by atoms with E-state index in [1.165, 1.54) is 12.1 Å². The highest BCUT2D eigenvalue weighted by molar-refractivity contribution is 5.75. The summed E-state index contributed by atoms with van der Waals surface area (Å²) in [6.07, 6.45) is 0. The predicted molar refractivity (Wildman–Crippen MR) is 37.0 cm³/mol. The van der Waals surface area contributed by atoms with Crippen molar-refractivity contribution in [3.8, 4) is 0 Å². The summed E-state index contributed by atoms with van der Waals surface area (Å²) in [5, 5.41) is 0.259. The molecule has 0 aliphatic heterocycles. The van der Waals surface area contributed by atoms with Crippen molar-refractivity contribution in [2.24, 2.45) is 0 Å². The first kappa shape index (κ1) is 6.15. The van der Waals surface area contributed by atoms with E-state index in [0.717, 1.165) is 0 Å². The molecule has 1 aromatic heterocycles. The number of hydrogen-bond acceptors (Lipinski definition) is 2. The van der Waals surface area contributed by atoms with Crippen molar-refractivity contribution in [3.63, 3.8) is 0 Å². The van der Waals surface area contributed by atoms with Gasteiger partial charge in [0.15, 0.2) is 5.58 Å². The summed E-state index contributed by atoms with van der Waals surface area (Å²) in [5.41, 5.74) is -0.486. The fourth-order valence-electron chi connectivity index (χ4n) is 0.945. The van der Waals surface area contributed by atoms with Crippen molar-refractivity contribution in [2.75, 3.05) is 0 Å². The van der Waals surface area contributed by atoms with E-state index in [9.17, 15) is 9.28 Å². The van der Waals surface area contributed by atoms with E-state index < -0.39 is 5.56 Å². The minimum Gasteiger partial charge on any atom is -0.346 e. The molecule has 1 heterocycles. The summed E-state index contributed by atoms with van der Waals surface area (Å²) in [5.74, 6) is 0. The van der Waals surface area contributed by atoms with Crippen LogP contribution in [0.25, 0.3) is 11.0 Å². The highest BCUT2D eigenvalue weighted by atomic mass is 19.2. The molecule has 4 heteroatoms. The summed E-state index contributed by atoms with van der Waals surface area (Å²) in [6.45, 7) is 0. The maximum absolute atomic E-state index is 12.4. The molecule has 0 bridgehead atoms. The van der Waals surface area contributed by atoms with Crippen LogP contribution in [0.3, 0.4) is 0 Å². The average molecular weight is 153 g/mol. The lowest BCUT2D eigenvalue weighted by Gasteiger charge is -1.78. The third kappa shape index (κ3) is 0.756. The molecule has 0 saturated heterocycles. The summed E-state index contributed by atoms with van der Waals surface area (Å²) < 4.78 is 16.8. The minimum absolute atomic E-state index is 0.259. The second-order valence-electron chi connectivity index (χ2n) is 2.14. The molecule has 0 unspecified atom stereocenters. The first-order valence-electron chi connectivity index (χ1n) is 3.06. The van der Waals surface area contributed by atoms with Gasteiger partial charge in [0, 0.05) is 4.96 Å². The molecule has 0 amide bonds. The van der Waals surface area contributed by atoms with Crippen molar-refractivity contribution in [1.29, 1.82) is 0 Å². The van der Waals surface area contributed by atoms with Crippen LogP contribution >= 0.6 is 0 Å². The van der Waals surface area contributed by atoms with Crippen LogP contribution in [0.4, 0.5) is 4.48 Å². The molecule has 0 spiro atoms. The molecular weight excluding hydrogens is 149 g/mol. The first-order chi connectivity index (χ1) is 5.29. The Morgan fingerprint density at radius 1 is 1.36 bits per heavy atom. The van der Waals surface area contributed by atoms with E-state index in [2.05, 4.69) is 4.52 Å². The van der Waals surface area contributed by atoms with Crippen LogP contribution in [-0.2, 0) is 0 Å². The molecule has 3 nitrogen and oxygen atoms in total. The smallest absolute Gasteiger partial charge is 0.324 e. The number of hydrogen-bond donors (Lipinski definition) is 0. The SMILES string of the molecule is O=c1c2ccccc2on1F. The van der Waals surface area contributed by atoms with E-state index in [-0.39, 0.29) is 15.9 Å². The highest BCUT2D eigenvalue weighted by Crippen LogP contribution is 2.08. The molecule has 1 aromatic carbocycles. The zero-order valence-electron chi connectivity index (χ0n) is 5.45. The third-order valence-corrected chi connectivity index (χ3v) is 1.46. The molecule has 0 radical (unpaired) electrons. The van der Waals surface area contributed by atoms with Crippen molar-refractivity contribution in [1.82, 2.24) is 4.96 Å². The molecule has 0 saturated carbocycles. The van der Waals surface area contributed by atoms with Gasteiger partial charge in [-0.15, -0.1) is 0 Å². The molecular formula is C7H4FNO2. The normalized spacial score (nSPS) is 10.6. The highest BCUT2D eigenvalue weighted by Gasteiger charge is 2.05. The molecule has 56 valence electrons. The summed E-state index contributed by atoms with van der Waals surface area (Å²) in [6, 6.07) is 6.37. The van der Waals surface area contributed by atoms with Crippen molar-refractivity contribution in [2.45, 2.75) is 0 Å². The lowest BCUT2D eigenvalue weighted by Crippen LogP contribution is -2.05. The third-order valence-electron chi connectivity index (χ3n) is 1.46. The molecule has 2 aromatic rings. The Morgan fingerprint density at radius 2 is 2.09 bits per heavy atom. The Kier molecular flexibility index (Phi) is 1.09. The van der Waals surface area contributed by atoms with Gasteiger partial charge in [-0.2, -0.15) is 0 Å². The lowest BCUT2D eigenvalue weighted by molar-refractivity contribution is 0.119. The largest absolute Gasteiger partial charge is 0.346 e. The zero-order chi connectivity index (χ0) is 7.84. The van der Waals surface area contributed by atoms with Crippen LogP contribution in [0.5, 0.6) is 0 Å². The second kappa shape index (κ2) is 1.95. The number of rotatable bonds is 0. The monoisotopic (exact) mass is 153 g/mol. The molecule has 0 aliphatic rings. The Hall–Kier alpha value is -1.58. The standard InChI is InChI=1S/C7H4FNO2/c8-9-7(10)5-3-1-2-4-6(5)11-9/h1-4H. The lowest BCUT2D eigenvalue weighted by atomic mass is 10.3. The van der Waals surface area contributed by atoms with Gasteiger partial charge in [0.1, 0.15) is 0 Å². The average Bonchev–Trinajstić information content (AvgIpc) is 2.30. The molecule has 0 atom stereocenters. The zero-order valence-corrected chi connectivity index (χ0v) is 5.45. The van der Waals surface area contributed by atoms with Crippen molar-refractivity contribution < 1.29 is 9.00 Å². The molecule has 2 rings (SSSR count). The van der Waals surface area contributed by atoms with Crippen LogP contribution in [0.2, 0.25) is 0 Å². The van der Waals surface area contributed by atoms with Gasteiger partial charge in [-0.1, -0.05) is 16.6 Å². The van der Waals surface area contributed by atoms with Gasteiger partial charge < -0.3 is 4.52 Å². The van der Waals surface area contributed by atoms with E-state index in [1.807, 2.05) is 0 Å². The molecule has 11 heavy (non-hydrogen) atoms. The number of halogens is 1. The summed E-state index contributed by atoms with van der Waals surface area (Å²) in [4.78, 5) is 10.5. The Bertz CT molecular complexity index is 443. The van der Waals surface area contributed by atoms with Crippen LogP contribution in [0, 0.1) is 0 Å². The second-order valence-corrected chi connectivity index (χ2v) is 2.14. The summed E-state index contributed by atoms with van der Waals surface area (Å²) in [7, 11) is 0. The van der Waals surface area contributed by atoms with Crippen LogP contribution in [0.1, 0.15) is 0 Å². The number of fused-ring (bicyclic) bond motifs is 1. The minimum atomic E-state index is -0.749. The van der Waals surface area contributed by atoms with Gasteiger partial charge in [0.2, 0.25) is 0 Å². The number of aromatic nitrogens is 1.